The van der Waals surface area contributed by atoms with E-state index in [0.717, 1.165) is 36.8 Å². The van der Waals surface area contributed by atoms with Crippen LogP contribution in [0.15, 0.2) is 77.5 Å². The first-order valence-electron chi connectivity index (χ1n) is 15.2. The van der Waals surface area contributed by atoms with Gasteiger partial charge in [-0.3, -0.25) is 14.5 Å². The summed E-state index contributed by atoms with van der Waals surface area (Å²) >= 11 is 1.34. The number of pyridine rings is 1. The van der Waals surface area contributed by atoms with Crippen molar-refractivity contribution >= 4 is 41.0 Å². The van der Waals surface area contributed by atoms with Crippen molar-refractivity contribution in [1.29, 1.82) is 5.26 Å². The third-order valence-electron chi connectivity index (χ3n) is 8.59. The van der Waals surface area contributed by atoms with Crippen LogP contribution in [-0.2, 0) is 9.59 Å². The standard InChI is InChI=1S/C34H32N6O4S/c1-20-9-12-25(44-24-7-3-2-4-8-24)17-27(20)40-26-13-14-36-32-28(26)29(38-34(40)43)30(45-32)31(41)37-23-6-5-15-39(19-23)33(42)22(18-35)16-21-10-11-21/h2-4,7-9,12-14,16-17,21,23,29-30H,5-6,10-11,15,19H2,1H3,(H,37,41)(H,38,43)/b22-16+/t23?,29?,30-/m1/s1. The van der Waals surface area contributed by atoms with Gasteiger partial charge in [0.2, 0.25) is 5.91 Å². The maximum absolute atomic E-state index is 13.8. The first-order chi connectivity index (χ1) is 21.9. The minimum atomic E-state index is -0.621. The smallest absolute Gasteiger partial charge is 0.327 e. The molecule has 10 nitrogen and oxygen atoms in total. The van der Waals surface area contributed by atoms with Crippen LogP contribution in [0, 0.1) is 24.2 Å². The Bertz CT molecular complexity index is 1750. The van der Waals surface area contributed by atoms with E-state index in [4.69, 9.17) is 4.74 Å². The zero-order chi connectivity index (χ0) is 31.1. The molecule has 7 rings (SSSR count). The van der Waals surface area contributed by atoms with Crippen molar-refractivity contribution in [3.63, 3.8) is 0 Å². The van der Waals surface area contributed by atoms with Crippen molar-refractivity contribution in [2.45, 2.75) is 55.0 Å². The molecule has 2 aromatic carbocycles. The number of likely N-dealkylation sites (tertiary alicyclic amines) is 1. The molecule has 1 aromatic heterocycles. The van der Waals surface area contributed by atoms with E-state index in [2.05, 4.69) is 21.7 Å². The SMILES string of the molecule is Cc1ccc(Oc2ccccc2)cc1N1C(=O)NC2c3c1ccnc3S[C@H]2C(=O)NC1CCCN(C(=O)/C(C#N)=C/C2CC2)C1. The Balaban J connectivity index is 1.09. The zero-order valence-corrected chi connectivity index (χ0v) is 25.5. The van der Waals surface area contributed by atoms with Crippen molar-refractivity contribution in [2.24, 2.45) is 5.92 Å². The number of hydrogen-bond acceptors (Lipinski definition) is 7. The highest BCUT2D eigenvalue weighted by atomic mass is 32.2. The van der Waals surface area contributed by atoms with Gasteiger partial charge in [-0.2, -0.15) is 5.26 Å². The third kappa shape index (κ3) is 5.73. The average Bonchev–Trinajstić information content (AvgIpc) is 3.80. The van der Waals surface area contributed by atoms with Crippen LogP contribution in [0.2, 0.25) is 0 Å². The molecule has 228 valence electrons. The van der Waals surface area contributed by atoms with Gasteiger partial charge in [0.1, 0.15) is 33.4 Å². The first-order valence-corrected chi connectivity index (χ1v) is 16.1. The van der Waals surface area contributed by atoms with Gasteiger partial charge in [0.25, 0.3) is 5.91 Å². The van der Waals surface area contributed by atoms with E-state index < -0.39 is 11.3 Å². The normalized spacial score (nSPS) is 22.3. The maximum atomic E-state index is 13.8. The molecule has 4 aliphatic rings. The summed E-state index contributed by atoms with van der Waals surface area (Å²) in [5, 5.41) is 15.8. The summed E-state index contributed by atoms with van der Waals surface area (Å²) in [6.07, 6.45) is 6.92. The molecule has 2 N–H and O–H groups in total. The fraction of sp³-hybridized carbons (Fsp3) is 0.324. The molecule has 1 saturated heterocycles. The van der Waals surface area contributed by atoms with Crippen molar-refractivity contribution in [2.75, 3.05) is 18.0 Å². The minimum absolute atomic E-state index is 0.187. The average molecular weight is 621 g/mol. The highest BCUT2D eigenvalue weighted by Crippen LogP contribution is 2.51. The molecular weight excluding hydrogens is 588 g/mol. The number of nitriles is 1. The van der Waals surface area contributed by atoms with Gasteiger partial charge in [-0.25, -0.2) is 9.78 Å². The number of thioether (sulfide) groups is 1. The monoisotopic (exact) mass is 620 g/mol. The molecule has 0 spiro atoms. The topological polar surface area (TPSA) is 128 Å². The fourth-order valence-corrected chi connectivity index (χ4v) is 7.41. The number of nitrogens with one attached hydrogen (secondary N) is 2. The highest BCUT2D eigenvalue weighted by Gasteiger charge is 2.47. The Morgan fingerprint density at radius 1 is 1.11 bits per heavy atom. The molecule has 3 aliphatic heterocycles. The second-order valence-electron chi connectivity index (χ2n) is 11.8. The van der Waals surface area contributed by atoms with Gasteiger partial charge in [0, 0.05) is 37.0 Å². The van der Waals surface area contributed by atoms with E-state index in [1.54, 1.807) is 22.1 Å². The molecule has 0 bridgehead atoms. The Morgan fingerprint density at radius 3 is 2.71 bits per heavy atom. The molecule has 2 fully saturated rings. The molecule has 4 heterocycles. The number of hydrogen-bond donors (Lipinski definition) is 2. The number of carbonyl (C=O) groups is 3. The minimum Gasteiger partial charge on any atom is -0.457 e. The van der Waals surface area contributed by atoms with E-state index in [9.17, 15) is 19.6 Å². The number of piperidine rings is 1. The molecule has 4 amide bonds. The Hall–Kier alpha value is -4.82. The van der Waals surface area contributed by atoms with Crippen molar-refractivity contribution < 1.29 is 19.1 Å². The predicted octanol–water partition coefficient (Wildman–Crippen LogP) is 5.53. The largest absolute Gasteiger partial charge is 0.457 e. The second-order valence-corrected chi connectivity index (χ2v) is 13.0. The van der Waals surface area contributed by atoms with E-state index in [1.165, 1.54) is 11.8 Å². The Labute approximate surface area is 265 Å². The predicted molar refractivity (Wildman–Crippen MR) is 169 cm³/mol. The first kappa shape index (κ1) is 28.9. The molecule has 1 aliphatic carbocycles. The highest BCUT2D eigenvalue weighted by molar-refractivity contribution is 8.01. The lowest BCUT2D eigenvalue weighted by Gasteiger charge is -2.36. The van der Waals surface area contributed by atoms with Gasteiger partial charge in [-0.1, -0.05) is 42.1 Å². The van der Waals surface area contributed by atoms with Crippen LogP contribution >= 0.6 is 11.8 Å². The fourth-order valence-electron chi connectivity index (χ4n) is 6.17. The van der Waals surface area contributed by atoms with E-state index in [1.807, 2.05) is 61.5 Å². The molecule has 1 saturated carbocycles. The zero-order valence-electron chi connectivity index (χ0n) is 24.7. The van der Waals surface area contributed by atoms with Crippen molar-refractivity contribution in [1.82, 2.24) is 20.5 Å². The number of benzene rings is 2. The van der Waals surface area contributed by atoms with Crippen LogP contribution < -0.4 is 20.3 Å². The lowest BCUT2D eigenvalue weighted by molar-refractivity contribution is -0.129. The van der Waals surface area contributed by atoms with E-state index in [0.29, 0.717) is 46.9 Å². The van der Waals surface area contributed by atoms with Gasteiger partial charge < -0.3 is 20.3 Å². The number of urea groups is 1. The van der Waals surface area contributed by atoms with Crippen LogP contribution in [-0.4, -0.2) is 52.1 Å². The lowest BCUT2D eigenvalue weighted by Crippen LogP contribution is -2.54. The number of aromatic nitrogens is 1. The number of allylic oxidation sites excluding steroid dienone is 1. The number of rotatable bonds is 7. The van der Waals surface area contributed by atoms with Crippen molar-refractivity contribution in [3.8, 4) is 17.6 Å². The van der Waals surface area contributed by atoms with Crippen LogP contribution in [0.4, 0.5) is 16.2 Å². The number of carbonyl (C=O) groups excluding carboxylic acids is 3. The number of para-hydroxylation sites is 1. The van der Waals surface area contributed by atoms with Gasteiger partial charge in [-0.15, -0.1) is 0 Å². The van der Waals surface area contributed by atoms with Crippen LogP contribution in [0.25, 0.3) is 0 Å². The van der Waals surface area contributed by atoms with Crippen LogP contribution in [0.5, 0.6) is 11.5 Å². The summed E-state index contributed by atoms with van der Waals surface area (Å²) in [6, 6.07) is 17.8. The van der Waals surface area contributed by atoms with Crippen LogP contribution in [0.3, 0.4) is 0 Å². The maximum Gasteiger partial charge on any atom is 0.327 e. The molecule has 3 aromatic rings. The molecule has 45 heavy (non-hydrogen) atoms. The summed E-state index contributed by atoms with van der Waals surface area (Å²) < 4.78 is 6.06. The molecule has 2 unspecified atom stereocenters. The van der Waals surface area contributed by atoms with Crippen LogP contribution in [0.1, 0.15) is 42.9 Å². The molecule has 0 radical (unpaired) electrons. The molecule has 3 atom stereocenters. The molecule has 11 heteroatoms. The van der Waals surface area contributed by atoms with E-state index >= 15 is 0 Å². The summed E-state index contributed by atoms with van der Waals surface area (Å²) in [5.41, 5.74) is 3.23. The quantitative estimate of drug-likeness (QED) is 0.263. The summed E-state index contributed by atoms with van der Waals surface area (Å²) in [5.74, 6) is 1.12. The number of anilines is 2. The lowest BCUT2D eigenvalue weighted by atomic mass is 9.98. The van der Waals surface area contributed by atoms with Crippen molar-refractivity contribution in [3.05, 3.63) is 83.6 Å². The number of aryl methyl sites for hydroxylation is 1. The van der Waals surface area contributed by atoms with Gasteiger partial charge >= 0.3 is 6.03 Å². The van der Waals surface area contributed by atoms with Gasteiger partial charge in [0.15, 0.2) is 0 Å². The van der Waals surface area contributed by atoms with Gasteiger partial charge in [0.05, 0.1) is 17.4 Å². The van der Waals surface area contributed by atoms with Gasteiger partial charge in [-0.05, 0) is 68.4 Å². The number of amides is 4. The third-order valence-corrected chi connectivity index (χ3v) is 9.88. The Kier molecular flexibility index (Phi) is 7.67. The number of ether oxygens (including phenoxy) is 1. The summed E-state index contributed by atoms with van der Waals surface area (Å²) in [7, 11) is 0. The summed E-state index contributed by atoms with van der Waals surface area (Å²) in [6.45, 7) is 2.83. The van der Waals surface area contributed by atoms with E-state index in [-0.39, 0.29) is 29.5 Å². The number of nitrogens with zero attached hydrogens (tertiary/aromatic N) is 4. The molecular formula is C34H32N6O4S. The second kappa shape index (κ2) is 11.9. The summed E-state index contributed by atoms with van der Waals surface area (Å²) in [4.78, 5) is 48.4. The Morgan fingerprint density at radius 2 is 1.93 bits per heavy atom.